The molecule has 0 spiro atoms. The second-order valence-corrected chi connectivity index (χ2v) is 4.64. The Balaban J connectivity index is 2.27. The van der Waals surface area contributed by atoms with Crippen molar-refractivity contribution in [3.63, 3.8) is 0 Å². The molecule has 1 aromatic heterocycles. The Morgan fingerprint density at radius 3 is 2.76 bits per heavy atom. The summed E-state index contributed by atoms with van der Waals surface area (Å²) in [6, 6.07) is 6.35. The van der Waals surface area contributed by atoms with Gasteiger partial charge in [0.15, 0.2) is 0 Å². The van der Waals surface area contributed by atoms with Crippen LogP contribution in [0.25, 0.3) is 16.6 Å². The first kappa shape index (κ1) is 12.0. The molecule has 2 rings (SSSR count). The second-order valence-electron chi connectivity index (χ2n) is 3.78. The summed E-state index contributed by atoms with van der Waals surface area (Å²) in [6.45, 7) is 2.50. The third-order valence-electron chi connectivity index (χ3n) is 2.33. The van der Waals surface area contributed by atoms with E-state index in [0.29, 0.717) is 6.54 Å². The first-order valence-electron chi connectivity index (χ1n) is 5.28. The summed E-state index contributed by atoms with van der Waals surface area (Å²) in [5, 5.41) is 2.86. The second kappa shape index (κ2) is 5.21. The van der Waals surface area contributed by atoms with Crippen LogP contribution in [-0.4, -0.2) is 11.5 Å². The number of nitrogens with two attached hydrogens (primary N) is 1. The summed E-state index contributed by atoms with van der Waals surface area (Å²) in [4.78, 5) is 4.46. The molecule has 4 heteroatoms. The van der Waals surface area contributed by atoms with Crippen LogP contribution >= 0.6 is 11.3 Å². The summed E-state index contributed by atoms with van der Waals surface area (Å²) in [5.41, 5.74) is 8.44. The predicted octanol–water partition coefficient (Wildman–Crippen LogP) is 3.31. The Labute approximate surface area is 104 Å². The average molecular weight is 248 g/mol. The van der Waals surface area contributed by atoms with E-state index in [2.05, 4.69) is 4.98 Å². The smallest absolute Gasteiger partial charge is 0.124 e. The molecule has 0 aliphatic carbocycles. The highest BCUT2D eigenvalue weighted by Crippen LogP contribution is 2.24. The minimum absolute atomic E-state index is 0.232. The Hall–Kier alpha value is -1.52. The first-order valence-corrected chi connectivity index (χ1v) is 6.15. The number of thiazole rings is 1. The van der Waals surface area contributed by atoms with Crippen LogP contribution in [0.15, 0.2) is 35.2 Å². The zero-order chi connectivity index (χ0) is 12.3. The highest BCUT2D eigenvalue weighted by Gasteiger charge is 2.03. The van der Waals surface area contributed by atoms with E-state index in [1.165, 1.54) is 12.1 Å². The lowest BCUT2D eigenvalue weighted by Crippen LogP contribution is -1.99. The van der Waals surface area contributed by atoms with Crippen molar-refractivity contribution in [2.45, 2.75) is 6.92 Å². The Kier molecular flexibility index (Phi) is 3.66. The van der Waals surface area contributed by atoms with E-state index in [0.717, 1.165) is 21.8 Å². The molecular weight excluding hydrogens is 235 g/mol. The fourth-order valence-corrected chi connectivity index (χ4v) is 2.17. The first-order chi connectivity index (χ1) is 8.19. The molecular formula is C13H13FN2S. The van der Waals surface area contributed by atoms with Crippen molar-refractivity contribution >= 4 is 17.4 Å². The Morgan fingerprint density at radius 2 is 2.12 bits per heavy atom. The van der Waals surface area contributed by atoms with Gasteiger partial charge in [0, 0.05) is 17.5 Å². The molecule has 17 heavy (non-hydrogen) atoms. The van der Waals surface area contributed by atoms with E-state index in [-0.39, 0.29) is 5.82 Å². The molecule has 0 saturated carbocycles. The van der Waals surface area contributed by atoms with Gasteiger partial charge in [-0.25, -0.2) is 9.37 Å². The topological polar surface area (TPSA) is 38.9 Å². The minimum atomic E-state index is -0.232. The van der Waals surface area contributed by atoms with Crippen LogP contribution in [0.4, 0.5) is 4.39 Å². The Bertz CT molecular complexity index is 529. The number of nitrogens with zero attached hydrogens (tertiary/aromatic N) is 1. The quantitative estimate of drug-likeness (QED) is 0.905. The zero-order valence-electron chi connectivity index (χ0n) is 9.48. The monoisotopic (exact) mass is 248 g/mol. The van der Waals surface area contributed by atoms with Crippen LogP contribution in [0.3, 0.4) is 0 Å². The van der Waals surface area contributed by atoms with Gasteiger partial charge in [0.1, 0.15) is 10.8 Å². The fraction of sp³-hybridized carbons (Fsp3) is 0.154. The summed E-state index contributed by atoms with van der Waals surface area (Å²) < 4.78 is 12.8. The molecule has 0 bridgehead atoms. The average Bonchev–Trinajstić information content (AvgIpc) is 2.78. The standard InChI is InChI=1S/C13H13FN2S/c1-9(7-15)6-12-8-17-13(16-12)10-2-4-11(14)5-3-10/h2-6,8H,7,15H2,1H3. The number of hydrogen-bond acceptors (Lipinski definition) is 3. The van der Waals surface area contributed by atoms with Gasteiger partial charge in [-0.05, 0) is 37.3 Å². The molecule has 0 fully saturated rings. The van der Waals surface area contributed by atoms with Gasteiger partial charge in [0.25, 0.3) is 0 Å². The lowest BCUT2D eigenvalue weighted by molar-refractivity contribution is 0.628. The predicted molar refractivity (Wildman–Crippen MR) is 70.2 cm³/mol. The minimum Gasteiger partial charge on any atom is -0.327 e. The maximum absolute atomic E-state index is 12.8. The molecule has 0 unspecified atom stereocenters. The maximum atomic E-state index is 12.8. The van der Waals surface area contributed by atoms with Crippen molar-refractivity contribution in [1.29, 1.82) is 0 Å². The lowest BCUT2D eigenvalue weighted by atomic mass is 10.2. The van der Waals surface area contributed by atoms with Gasteiger partial charge in [-0.1, -0.05) is 5.57 Å². The molecule has 1 heterocycles. The molecule has 2 N–H and O–H groups in total. The van der Waals surface area contributed by atoms with E-state index in [1.807, 2.05) is 18.4 Å². The molecule has 2 aromatic rings. The van der Waals surface area contributed by atoms with Crippen molar-refractivity contribution < 1.29 is 4.39 Å². The van der Waals surface area contributed by atoms with Crippen molar-refractivity contribution in [3.8, 4) is 10.6 Å². The van der Waals surface area contributed by atoms with Gasteiger partial charge in [-0.15, -0.1) is 11.3 Å². The van der Waals surface area contributed by atoms with Crippen LogP contribution in [-0.2, 0) is 0 Å². The molecule has 0 amide bonds. The summed E-state index contributed by atoms with van der Waals surface area (Å²) >= 11 is 1.54. The van der Waals surface area contributed by atoms with Gasteiger partial charge in [-0.3, -0.25) is 0 Å². The van der Waals surface area contributed by atoms with Crippen LogP contribution in [0, 0.1) is 5.82 Å². The van der Waals surface area contributed by atoms with Crippen molar-refractivity contribution in [1.82, 2.24) is 4.98 Å². The number of rotatable bonds is 3. The lowest BCUT2D eigenvalue weighted by Gasteiger charge is -1.95. The van der Waals surface area contributed by atoms with Crippen LogP contribution < -0.4 is 5.73 Å². The summed E-state index contributed by atoms with van der Waals surface area (Å²) in [5.74, 6) is -0.232. The largest absolute Gasteiger partial charge is 0.327 e. The van der Waals surface area contributed by atoms with Crippen LogP contribution in [0.5, 0.6) is 0 Å². The number of halogens is 1. The van der Waals surface area contributed by atoms with Crippen molar-refractivity contribution in [2.24, 2.45) is 5.73 Å². The third-order valence-corrected chi connectivity index (χ3v) is 3.24. The molecule has 1 aromatic carbocycles. The highest BCUT2D eigenvalue weighted by atomic mass is 32.1. The highest BCUT2D eigenvalue weighted by molar-refractivity contribution is 7.13. The summed E-state index contributed by atoms with van der Waals surface area (Å²) in [6.07, 6.45) is 1.96. The molecule has 0 aliphatic rings. The van der Waals surface area contributed by atoms with Crippen molar-refractivity contribution in [3.05, 3.63) is 46.7 Å². The molecule has 0 radical (unpaired) electrons. The summed E-state index contributed by atoms with van der Waals surface area (Å²) in [7, 11) is 0. The molecule has 88 valence electrons. The third kappa shape index (κ3) is 2.99. The van der Waals surface area contributed by atoms with E-state index >= 15 is 0 Å². The van der Waals surface area contributed by atoms with Gasteiger partial charge in [-0.2, -0.15) is 0 Å². The van der Waals surface area contributed by atoms with Gasteiger partial charge < -0.3 is 5.73 Å². The van der Waals surface area contributed by atoms with E-state index in [9.17, 15) is 4.39 Å². The van der Waals surface area contributed by atoms with Crippen LogP contribution in [0.1, 0.15) is 12.6 Å². The fourth-order valence-electron chi connectivity index (χ4n) is 1.39. The number of aromatic nitrogens is 1. The Morgan fingerprint density at radius 1 is 1.41 bits per heavy atom. The van der Waals surface area contributed by atoms with Gasteiger partial charge >= 0.3 is 0 Å². The van der Waals surface area contributed by atoms with Gasteiger partial charge in [0.05, 0.1) is 5.69 Å². The maximum Gasteiger partial charge on any atom is 0.124 e. The SMILES string of the molecule is CC(=Cc1csc(-c2ccc(F)cc2)n1)CN. The van der Waals surface area contributed by atoms with E-state index in [1.54, 1.807) is 23.5 Å². The van der Waals surface area contributed by atoms with E-state index in [4.69, 9.17) is 5.73 Å². The molecule has 0 aliphatic heterocycles. The number of hydrogen-bond donors (Lipinski definition) is 1. The zero-order valence-corrected chi connectivity index (χ0v) is 10.3. The van der Waals surface area contributed by atoms with Crippen LogP contribution in [0.2, 0.25) is 0 Å². The number of benzene rings is 1. The molecule has 2 nitrogen and oxygen atoms in total. The van der Waals surface area contributed by atoms with Crippen molar-refractivity contribution in [2.75, 3.05) is 6.54 Å². The molecule has 0 atom stereocenters. The normalized spacial score (nSPS) is 11.8. The molecule has 0 saturated heterocycles. The van der Waals surface area contributed by atoms with E-state index < -0.39 is 0 Å². The van der Waals surface area contributed by atoms with Gasteiger partial charge in [0.2, 0.25) is 0 Å².